The van der Waals surface area contributed by atoms with Gasteiger partial charge in [0, 0.05) is 129 Å². The molecule has 16 rings (SSSR count). The van der Waals surface area contributed by atoms with Gasteiger partial charge < -0.3 is 78.3 Å². The van der Waals surface area contributed by atoms with Gasteiger partial charge in [0.15, 0.2) is 29.7 Å². The smallest absolute Gasteiger partial charge is 0.344 e. The molecule has 4 bridgehead atoms. The minimum Gasteiger partial charge on any atom is -0.496 e. The summed E-state index contributed by atoms with van der Waals surface area (Å²) in [7, 11) is 6.22. The van der Waals surface area contributed by atoms with Crippen LogP contribution < -0.4 is 15.0 Å². The number of hydrogen-bond donors (Lipinski definition) is 6. The number of para-hydroxylation sites is 1. The van der Waals surface area contributed by atoms with Crippen LogP contribution in [0.1, 0.15) is 156 Å². The molecule has 5 fully saturated rings. The van der Waals surface area contributed by atoms with E-state index in [4.69, 9.17) is 42.6 Å². The van der Waals surface area contributed by atoms with E-state index in [1.807, 2.05) is 37.1 Å². The van der Waals surface area contributed by atoms with Crippen molar-refractivity contribution in [2.45, 2.75) is 196 Å². The van der Waals surface area contributed by atoms with Gasteiger partial charge in [0.2, 0.25) is 5.60 Å². The van der Waals surface area contributed by atoms with Crippen molar-refractivity contribution in [2.75, 3.05) is 66.1 Å². The van der Waals surface area contributed by atoms with E-state index in [0.29, 0.717) is 55.8 Å². The van der Waals surface area contributed by atoms with Crippen LogP contribution in [0, 0.1) is 28.1 Å². The van der Waals surface area contributed by atoms with Crippen molar-refractivity contribution in [3.8, 4) is 5.75 Å². The van der Waals surface area contributed by atoms with Crippen molar-refractivity contribution < 1.29 is 106 Å². The number of nitrogens with one attached hydrogen (secondary N) is 2. The average molecular weight is 1630 g/mol. The monoisotopic (exact) mass is 1630 g/mol. The number of aliphatic hydroxyl groups is 4. The van der Waals surface area contributed by atoms with Gasteiger partial charge in [-0.2, -0.15) is 0 Å². The van der Waals surface area contributed by atoms with E-state index >= 15 is 9.59 Å². The van der Waals surface area contributed by atoms with Crippen molar-refractivity contribution in [1.29, 1.82) is 0 Å². The number of aliphatic hydroxyl groups excluding tert-OH is 2. The molecule has 5 aromatic carbocycles. The van der Waals surface area contributed by atoms with Crippen LogP contribution in [0.4, 0.5) is 5.69 Å². The number of amides is 1. The molecule has 1 aromatic heterocycles. The Morgan fingerprint density at radius 1 is 0.756 bits per heavy atom. The first-order valence-electron chi connectivity index (χ1n) is 40.8. The highest BCUT2D eigenvalue weighted by molar-refractivity contribution is 5.98. The summed E-state index contributed by atoms with van der Waals surface area (Å²) >= 11 is 0. The topological polar surface area (TPSA) is 355 Å². The molecule has 0 unspecified atom stereocenters. The van der Waals surface area contributed by atoms with E-state index in [0.717, 1.165) is 66.8 Å². The molecule has 2 saturated heterocycles. The second-order valence-electron chi connectivity index (χ2n) is 34.5. The lowest BCUT2D eigenvalue weighted by Crippen LogP contribution is -2.82. The number of carbonyl (C=O) groups is 9. The number of benzene rings is 5. The number of likely N-dealkylation sites (N-methyl/N-ethyl adjacent to an activating group) is 1. The fraction of sp³-hybridized carbons (Fsp3) is 0.489. The summed E-state index contributed by atoms with van der Waals surface area (Å²) in [5.74, 6) is -8.15. The normalized spacial score (nSPS) is 33.3. The maximum Gasteiger partial charge on any atom is 0.344 e. The highest BCUT2D eigenvalue weighted by atomic mass is 16.6. The molecule has 4 aliphatic carbocycles. The molecular weight excluding hydrogens is 1530 g/mol. The Morgan fingerprint density at radius 2 is 1.41 bits per heavy atom. The molecule has 0 radical (unpaired) electrons. The van der Waals surface area contributed by atoms with Gasteiger partial charge in [-0.05, 0) is 116 Å². The number of nitrogens with zero attached hydrogens (tertiary/aromatic N) is 3. The third kappa shape index (κ3) is 12.8. The second kappa shape index (κ2) is 31.0. The summed E-state index contributed by atoms with van der Waals surface area (Å²) in [4.78, 5) is 137. The molecule has 10 aliphatic rings. The van der Waals surface area contributed by atoms with Gasteiger partial charge in [-0.25, -0.2) is 14.4 Å². The summed E-state index contributed by atoms with van der Waals surface area (Å²) in [6.07, 6.45) is -2.84. The van der Waals surface area contributed by atoms with Gasteiger partial charge >= 0.3 is 41.8 Å². The molecule has 3 saturated carbocycles. The third-order valence-electron chi connectivity index (χ3n) is 28.2. The predicted molar refractivity (Wildman–Crippen MR) is 432 cm³/mol. The lowest BCUT2D eigenvalue weighted by Gasteiger charge is -2.67. The molecule has 630 valence electrons. The number of aromatic nitrogens is 1. The molecule has 6 N–H and O–H groups in total. The predicted octanol–water partition coefficient (Wildman–Crippen LogP) is 8.49. The fourth-order valence-electron chi connectivity index (χ4n) is 23.0. The molecule has 6 aliphatic heterocycles. The van der Waals surface area contributed by atoms with Gasteiger partial charge in [0.05, 0.1) is 63.0 Å². The number of methoxy groups -OCH3 is 3. The van der Waals surface area contributed by atoms with E-state index in [1.165, 1.54) is 52.7 Å². The van der Waals surface area contributed by atoms with E-state index in [9.17, 15) is 54.0 Å². The van der Waals surface area contributed by atoms with Crippen molar-refractivity contribution >= 4 is 70.1 Å². The summed E-state index contributed by atoms with van der Waals surface area (Å²) in [5, 5.41) is 54.6. The van der Waals surface area contributed by atoms with Crippen molar-refractivity contribution in [2.24, 2.45) is 28.1 Å². The lowest BCUT2D eigenvalue weighted by molar-refractivity contribution is -0.346. The Labute approximate surface area is 690 Å². The van der Waals surface area contributed by atoms with Gasteiger partial charge in [-0.3, -0.25) is 38.6 Å². The number of hydrogen-bond acceptors (Lipinski definition) is 25. The SMILES string of the molecule is CC(=O)O[C@H]1C(=O)[C@@]2(C)[C@H]([C@H](OC(=O)c3ccccc3)[C@]3(O)C[C@H](OC(=O)[C@H](O)[C@@H](NC(=O)c4ccccc4)c4ccccc4)C(C)=C1C3(C)C)[C@]1(OC(C)=O)CO[C@@H]1C[C@@H]2O.CCC1=C[C@@H]2C[N@](C1)Cc1c([nH]c3ccccc13)[C@@](C(=O)OC)(c1cc3c(cc1OC)N(C)[C@H]1[C@@](O)(C(=O)OC)[C@H](OC(C)=O)[C@]4(CC)C=CCN5CC[C@]31[C@@H]54)C2. The minimum atomic E-state index is -2.39. The Hall–Kier alpha value is -10.4. The Kier molecular flexibility index (Phi) is 21.8. The van der Waals surface area contributed by atoms with Crippen molar-refractivity contribution in [3.63, 3.8) is 0 Å². The first-order chi connectivity index (χ1) is 56.7. The highest BCUT2D eigenvalue weighted by Crippen LogP contribution is 2.70. The molecule has 27 heteroatoms. The summed E-state index contributed by atoms with van der Waals surface area (Å²) in [6, 6.07) is 34.1. The standard InChI is InChI=1S/C47H51NO14.C45H54N4O8/c1-25-31(60-43(56)36(52)35(28-16-10-7-11-17-28)48-41(54)29-18-12-8-13-19-29)23-47(57)40(61-42(55)30-20-14-9-15-21-30)38-45(6,32(51)22-33-46(38,24-58-33)62-27(3)50)39(53)37(59-26(2)49)34(25)44(47,4)5;1-8-27-19-28-22-44(40(51)55-6,36-30(25-48(23-27)24-28)29-13-10-11-14-33(29)46-36)32-20-31-34(21-35(32)54-5)47(4)38-43(31)16-18-49-17-12-15-42(9-2,37(43)49)39(57-26(3)50)45(38,53)41(52)56-7/h7-21,31-33,35-38,40,51-52,57H,22-24H2,1-6H3,(H,48,54);10-15,19-21,28,37-39,46,53H,8-9,16-18,22-25H2,1-7H3/t31-,32-,33+,35-,36+,37+,38-,40-,45+,46-,47+;28-,37-,38+,39+,42+,43+,44-,45-/m00/s1. The number of ketones is 1. The maximum atomic E-state index is 15.5. The van der Waals surface area contributed by atoms with Crippen LogP contribution in [0.2, 0.25) is 0 Å². The van der Waals surface area contributed by atoms with Crippen LogP contribution in [-0.2, 0) is 88.8 Å². The van der Waals surface area contributed by atoms with E-state index < -0.39 is 159 Å². The molecule has 1 amide bonds. The van der Waals surface area contributed by atoms with Crippen LogP contribution in [-0.4, -0.2) is 221 Å². The summed E-state index contributed by atoms with van der Waals surface area (Å²) < 4.78 is 54.2. The third-order valence-corrected chi connectivity index (χ3v) is 28.2. The summed E-state index contributed by atoms with van der Waals surface area (Å²) in [5.41, 5.74) is -5.97. The number of rotatable bonds is 17. The van der Waals surface area contributed by atoms with Gasteiger partial charge in [-0.1, -0.05) is 136 Å². The maximum absolute atomic E-state index is 15.5. The van der Waals surface area contributed by atoms with E-state index in [2.05, 4.69) is 63.5 Å². The first-order valence-corrected chi connectivity index (χ1v) is 40.8. The molecule has 6 aromatic rings. The van der Waals surface area contributed by atoms with Gasteiger partial charge in [0.25, 0.3) is 5.91 Å². The zero-order chi connectivity index (χ0) is 85.2. The van der Waals surface area contributed by atoms with Crippen LogP contribution in [0.3, 0.4) is 0 Å². The molecule has 119 heavy (non-hydrogen) atoms. The molecule has 27 nitrogen and oxygen atoms in total. The number of Topliss-reactive ketones (excluding diaryl/α,β-unsaturated/α-hetero) is 1. The Bertz CT molecular complexity index is 5160. The number of anilines is 1. The van der Waals surface area contributed by atoms with Crippen molar-refractivity contribution in [3.05, 3.63) is 201 Å². The van der Waals surface area contributed by atoms with Crippen LogP contribution >= 0.6 is 0 Å². The number of esters is 7. The Morgan fingerprint density at radius 3 is 2.03 bits per heavy atom. The fourth-order valence-corrected chi connectivity index (χ4v) is 23.0. The Balaban J connectivity index is 0.000000186. The van der Waals surface area contributed by atoms with Crippen LogP contribution in [0.15, 0.2) is 162 Å². The summed E-state index contributed by atoms with van der Waals surface area (Å²) in [6.45, 7) is 17.2. The lowest BCUT2D eigenvalue weighted by atomic mass is 9.44. The van der Waals surface area contributed by atoms with Crippen LogP contribution in [0.25, 0.3) is 10.9 Å². The quantitative estimate of drug-likeness (QED) is 0.0283. The number of fused-ring (bicyclic) bond motifs is 11. The number of H-pyrrole nitrogens is 1. The minimum absolute atomic E-state index is 0.00289. The zero-order valence-electron chi connectivity index (χ0n) is 69.2. The van der Waals surface area contributed by atoms with Gasteiger partial charge in [0.1, 0.15) is 35.1 Å². The number of carbonyl (C=O) groups excluding carboxylic acids is 9. The molecule has 20 atom stereocenters. The number of aromatic amines is 1. The molecule has 1 spiro atoms. The van der Waals surface area contributed by atoms with Gasteiger partial charge in [-0.15, -0.1) is 0 Å². The van der Waals surface area contributed by atoms with Crippen LogP contribution in [0.5, 0.6) is 5.75 Å². The average Bonchev–Trinajstić information content (AvgIpc) is 1.55. The largest absolute Gasteiger partial charge is 0.496 e. The molecular formula is C92H105N5O22. The van der Waals surface area contributed by atoms with E-state index in [1.54, 1.807) is 99.8 Å². The second-order valence-corrected chi connectivity index (χ2v) is 34.5. The zero-order valence-corrected chi connectivity index (χ0v) is 69.2. The first kappa shape index (κ1) is 83.7. The number of ether oxygens (including phenoxy) is 9. The van der Waals surface area contributed by atoms with E-state index in [-0.39, 0.29) is 53.2 Å². The van der Waals surface area contributed by atoms with Crippen molar-refractivity contribution in [1.82, 2.24) is 20.1 Å². The molecule has 7 heterocycles. The highest BCUT2D eigenvalue weighted by Gasteiger charge is 2.82.